The van der Waals surface area contributed by atoms with Crippen LogP contribution in [-0.2, 0) is 11.8 Å². The fourth-order valence-electron chi connectivity index (χ4n) is 1.61. The number of amides is 2. The second-order valence-electron chi connectivity index (χ2n) is 3.61. The Balaban J connectivity index is 2.16. The molecule has 2 heterocycles. The van der Waals surface area contributed by atoms with Gasteiger partial charge >= 0.3 is 0 Å². The van der Waals surface area contributed by atoms with Crippen molar-refractivity contribution in [3.8, 4) is 0 Å². The van der Waals surface area contributed by atoms with E-state index < -0.39 is 0 Å². The van der Waals surface area contributed by atoms with Gasteiger partial charge in [0.2, 0.25) is 5.91 Å². The van der Waals surface area contributed by atoms with Crippen molar-refractivity contribution < 1.29 is 14.0 Å². The van der Waals surface area contributed by atoms with Crippen LogP contribution >= 0.6 is 0 Å². The SMILES string of the molecule is CNC(=O)CNC(=O)c1cc2occc2n1C. The Morgan fingerprint density at radius 2 is 2.24 bits per heavy atom. The van der Waals surface area contributed by atoms with Gasteiger partial charge in [0.15, 0.2) is 5.58 Å². The summed E-state index contributed by atoms with van der Waals surface area (Å²) in [6.45, 7) is -0.0398. The maximum atomic E-state index is 11.8. The number of fused-ring (bicyclic) bond motifs is 1. The van der Waals surface area contributed by atoms with Crippen LogP contribution in [0, 0.1) is 0 Å². The maximum Gasteiger partial charge on any atom is 0.268 e. The van der Waals surface area contributed by atoms with E-state index in [1.807, 2.05) is 0 Å². The molecule has 0 atom stereocenters. The number of hydrogen-bond donors (Lipinski definition) is 2. The molecule has 2 aromatic heterocycles. The Hall–Kier alpha value is -2.24. The average molecular weight is 235 g/mol. The smallest absolute Gasteiger partial charge is 0.268 e. The number of aromatic nitrogens is 1. The summed E-state index contributed by atoms with van der Waals surface area (Å²) in [6, 6.07) is 3.43. The van der Waals surface area contributed by atoms with Crippen molar-refractivity contribution in [1.82, 2.24) is 15.2 Å². The molecule has 17 heavy (non-hydrogen) atoms. The number of nitrogens with zero attached hydrogens (tertiary/aromatic N) is 1. The summed E-state index contributed by atoms with van der Waals surface area (Å²) < 4.78 is 6.92. The molecular weight excluding hydrogens is 222 g/mol. The van der Waals surface area contributed by atoms with E-state index in [0.717, 1.165) is 5.52 Å². The van der Waals surface area contributed by atoms with Crippen molar-refractivity contribution in [3.63, 3.8) is 0 Å². The van der Waals surface area contributed by atoms with Crippen molar-refractivity contribution in [1.29, 1.82) is 0 Å². The third-order valence-electron chi connectivity index (χ3n) is 2.58. The third-order valence-corrected chi connectivity index (χ3v) is 2.58. The molecule has 0 aliphatic carbocycles. The standard InChI is InChI=1S/C11H13N3O3/c1-12-10(15)6-13-11(16)8-5-9-7(14(8)2)3-4-17-9/h3-5H,6H2,1-2H3,(H,12,15)(H,13,16). The van der Waals surface area contributed by atoms with Gasteiger partial charge in [0.1, 0.15) is 5.69 Å². The van der Waals surface area contributed by atoms with E-state index >= 15 is 0 Å². The van der Waals surface area contributed by atoms with Crippen LogP contribution in [0.3, 0.4) is 0 Å². The average Bonchev–Trinajstić information content (AvgIpc) is 2.89. The molecule has 90 valence electrons. The van der Waals surface area contributed by atoms with Gasteiger partial charge in [-0.3, -0.25) is 9.59 Å². The Morgan fingerprint density at radius 3 is 2.88 bits per heavy atom. The van der Waals surface area contributed by atoms with Gasteiger partial charge in [-0.1, -0.05) is 0 Å². The first-order chi connectivity index (χ1) is 8.13. The Kier molecular flexibility index (Phi) is 2.86. The van der Waals surface area contributed by atoms with Crippen LogP contribution < -0.4 is 10.6 Å². The topological polar surface area (TPSA) is 76.3 Å². The van der Waals surface area contributed by atoms with Gasteiger partial charge in [-0.15, -0.1) is 0 Å². The molecule has 2 aromatic rings. The first-order valence-electron chi connectivity index (χ1n) is 5.15. The van der Waals surface area contributed by atoms with Crippen LogP contribution in [0.5, 0.6) is 0 Å². The van der Waals surface area contributed by atoms with E-state index in [2.05, 4.69) is 10.6 Å². The molecule has 0 unspecified atom stereocenters. The van der Waals surface area contributed by atoms with Crippen LogP contribution in [0.2, 0.25) is 0 Å². The Morgan fingerprint density at radius 1 is 1.47 bits per heavy atom. The van der Waals surface area contributed by atoms with Crippen molar-refractivity contribution >= 4 is 22.9 Å². The molecule has 6 nitrogen and oxygen atoms in total. The molecule has 0 radical (unpaired) electrons. The minimum absolute atomic E-state index is 0.0398. The van der Waals surface area contributed by atoms with Crippen LogP contribution in [0.25, 0.3) is 11.1 Å². The van der Waals surface area contributed by atoms with E-state index in [1.54, 1.807) is 30.0 Å². The molecule has 0 spiro atoms. The van der Waals surface area contributed by atoms with Gasteiger partial charge in [0.05, 0.1) is 18.3 Å². The van der Waals surface area contributed by atoms with Gasteiger partial charge in [-0.25, -0.2) is 0 Å². The summed E-state index contributed by atoms with van der Waals surface area (Å²) in [5, 5.41) is 4.96. The Bertz CT molecular complexity index is 568. The number of rotatable bonds is 3. The van der Waals surface area contributed by atoms with Crippen molar-refractivity contribution in [2.45, 2.75) is 0 Å². The number of aryl methyl sites for hydroxylation is 1. The van der Waals surface area contributed by atoms with Crippen molar-refractivity contribution in [3.05, 3.63) is 24.1 Å². The van der Waals surface area contributed by atoms with E-state index in [1.165, 1.54) is 7.05 Å². The third kappa shape index (κ3) is 2.01. The predicted molar refractivity (Wildman–Crippen MR) is 61.6 cm³/mol. The summed E-state index contributed by atoms with van der Waals surface area (Å²) >= 11 is 0. The highest BCUT2D eigenvalue weighted by molar-refractivity contribution is 5.99. The molecular formula is C11H13N3O3. The zero-order chi connectivity index (χ0) is 12.4. The monoisotopic (exact) mass is 235 g/mol. The lowest BCUT2D eigenvalue weighted by Gasteiger charge is -2.05. The van der Waals surface area contributed by atoms with E-state index in [4.69, 9.17) is 4.42 Å². The molecule has 0 aliphatic rings. The maximum absolute atomic E-state index is 11.8. The molecule has 6 heteroatoms. The van der Waals surface area contributed by atoms with Crippen LogP contribution in [-0.4, -0.2) is 30.0 Å². The van der Waals surface area contributed by atoms with E-state index in [0.29, 0.717) is 11.3 Å². The Labute approximate surface area is 97.6 Å². The molecule has 0 saturated heterocycles. The van der Waals surface area contributed by atoms with Crippen molar-refractivity contribution in [2.75, 3.05) is 13.6 Å². The van der Waals surface area contributed by atoms with Crippen molar-refractivity contribution in [2.24, 2.45) is 7.05 Å². The summed E-state index contributed by atoms with van der Waals surface area (Å²) in [6.07, 6.45) is 1.57. The molecule has 2 amide bonds. The number of furan rings is 1. The lowest BCUT2D eigenvalue weighted by Crippen LogP contribution is -2.35. The van der Waals surface area contributed by atoms with Crippen LogP contribution in [0.1, 0.15) is 10.5 Å². The van der Waals surface area contributed by atoms with Gasteiger partial charge in [0, 0.05) is 26.2 Å². The largest absolute Gasteiger partial charge is 0.463 e. The highest BCUT2D eigenvalue weighted by Gasteiger charge is 2.15. The van der Waals surface area contributed by atoms with Gasteiger partial charge in [-0.2, -0.15) is 0 Å². The molecule has 0 bridgehead atoms. The summed E-state index contributed by atoms with van der Waals surface area (Å²) in [4.78, 5) is 22.8. The first-order valence-corrected chi connectivity index (χ1v) is 5.15. The number of hydrogen-bond acceptors (Lipinski definition) is 3. The van der Waals surface area contributed by atoms with Crippen LogP contribution in [0.15, 0.2) is 22.8 Å². The highest BCUT2D eigenvalue weighted by Crippen LogP contribution is 2.19. The fraction of sp³-hybridized carbons (Fsp3) is 0.273. The molecule has 0 aliphatic heterocycles. The second kappa shape index (κ2) is 4.32. The predicted octanol–water partition coefficient (Wildman–Crippen LogP) is 0.247. The molecule has 2 N–H and O–H groups in total. The van der Waals surface area contributed by atoms with Gasteiger partial charge in [0.25, 0.3) is 5.91 Å². The summed E-state index contributed by atoms with van der Waals surface area (Å²) in [5.41, 5.74) is 1.95. The number of carbonyl (C=O) groups is 2. The minimum Gasteiger partial charge on any atom is -0.463 e. The fourth-order valence-corrected chi connectivity index (χ4v) is 1.61. The number of nitrogens with one attached hydrogen (secondary N) is 2. The summed E-state index contributed by atoms with van der Waals surface area (Å²) in [7, 11) is 3.29. The lowest BCUT2D eigenvalue weighted by atomic mass is 10.4. The van der Waals surface area contributed by atoms with Crippen LogP contribution in [0.4, 0.5) is 0 Å². The number of carbonyl (C=O) groups excluding carboxylic acids is 2. The molecule has 0 fully saturated rings. The zero-order valence-electron chi connectivity index (χ0n) is 9.61. The minimum atomic E-state index is -0.303. The molecule has 0 aromatic carbocycles. The second-order valence-corrected chi connectivity index (χ2v) is 3.61. The number of likely N-dealkylation sites (N-methyl/N-ethyl adjacent to an activating group) is 1. The van der Waals surface area contributed by atoms with E-state index in [-0.39, 0.29) is 18.4 Å². The summed E-state index contributed by atoms with van der Waals surface area (Å²) in [5.74, 6) is -0.543. The highest BCUT2D eigenvalue weighted by atomic mass is 16.3. The normalized spacial score (nSPS) is 10.5. The first kappa shape index (κ1) is 11.3. The van der Waals surface area contributed by atoms with E-state index in [9.17, 15) is 9.59 Å². The molecule has 0 saturated carbocycles. The van der Waals surface area contributed by atoms with Gasteiger partial charge < -0.3 is 19.6 Å². The zero-order valence-corrected chi connectivity index (χ0v) is 9.61. The van der Waals surface area contributed by atoms with Gasteiger partial charge in [-0.05, 0) is 0 Å². The molecule has 2 rings (SSSR count). The quantitative estimate of drug-likeness (QED) is 0.800. The lowest BCUT2D eigenvalue weighted by molar-refractivity contribution is -0.119.